The van der Waals surface area contributed by atoms with E-state index in [9.17, 15) is 19.1 Å². The highest BCUT2D eigenvalue weighted by molar-refractivity contribution is 5.96. The molecule has 3 amide bonds. The fourth-order valence-electron chi connectivity index (χ4n) is 4.84. The lowest BCUT2D eigenvalue weighted by molar-refractivity contribution is -0.154. The lowest BCUT2D eigenvalue weighted by atomic mass is 9.94. The van der Waals surface area contributed by atoms with Gasteiger partial charge in [0.1, 0.15) is 12.4 Å². The number of morpholine rings is 1. The first kappa shape index (κ1) is 21.2. The summed E-state index contributed by atoms with van der Waals surface area (Å²) in [4.78, 5) is 29.2. The first-order valence-corrected chi connectivity index (χ1v) is 10.9. The van der Waals surface area contributed by atoms with Gasteiger partial charge >= 0.3 is 6.03 Å². The fourth-order valence-corrected chi connectivity index (χ4v) is 4.84. The molecule has 3 fully saturated rings. The Labute approximate surface area is 176 Å². The van der Waals surface area contributed by atoms with Crippen molar-refractivity contribution in [1.82, 2.24) is 15.1 Å². The minimum absolute atomic E-state index is 0.0213. The van der Waals surface area contributed by atoms with Crippen LogP contribution < -0.4 is 5.32 Å². The number of fused-ring (bicyclic) bond motifs is 1. The maximum atomic E-state index is 13.4. The smallest absolute Gasteiger partial charge is 0.327 e. The van der Waals surface area contributed by atoms with E-state index >= 15 is 0 Å². The number of benzene rings is 1. The zero-order valence-electron chi connectivity index (χ0n) is 17.1. The number of imide groups is 1. The van der Waals surface area contributed by atoms with E-state index in [1.54, 1.807) is 12.1 Å². The number of nitrogens with zero attached hydrogens (tertiary/aromatic N) is 2. The maximum Gasteiger partial charge on any atom is 0.327 e. The lowest BCUT2D eigenvalue weighted by Crippen LogP contribution is -2.66. The molecule has 1 aromatic rings. The van der Waals surface area contributed by atoms with Crippen LogP contribution in [0.25, 0.3) is 0 Å². The molecule has 0 radical (unpaired) electrons. The van der Waals surface area contributed by atoms with Gasteiger partial charge in [-0.3, -0.25) is 9.69 Å². The van der Waals surface area contributed by atoms with Crippen LogP contribution in [0.1, 0.15) is 50.2 Å². The van der Waals surface area contributed by atoms with Crippen molar-refractivity contribution in [2.24, 2.45) is 0 Å². The van der Waals surface area contributed by atoms with Gasteiger partial charge in [0.15, 0.2) is 0 Å². The molecule has 0 spiro atoms. The number of aliphatic hydroxyl groups excluding tert-OH is 1. The van der Waals surface area contributed by atoms with Crippen molar-refractivity contribution in [1.29, 1.82) is 0 Å². The molecule has 8 heteroatoms. The Morgan fingerprint density at radius 1 is 1.27 bits per heavy atom. The predicted octanol–water partition coefficient (Wildman–Crippen LogP) is 2.20. The second kappa shape index (κ2) is 9.41. The monoisotopic (exact) mass is 419 g/mol. The Bertz CT molecular complexity index is 759. The third-order valence-corrected chi connectivity index (χ3v) is 6.52. The summed E-state index contributed by atoms with van der Waals surface area (Å²) in [5, 5.41) is 13.8. The number of nitrogens with one attached hydrogen (secondary N) is 1. The number of aliphatic hydroxyl groups is 1. The Balaban J connectivity index is 1.42. The van der Waals surface area contributed by atoms with Gasteiger partial charge in [-0.1, -0.05) is 12.1 Å². The zero-order chi connectivity index (χ0) is 21.1. The summed E-state index contributed by atoms with van der Waals surface area (Å²) in [6, 6.07) is 5.34. The first-order chi connectivity index (χ1) is 14.5. The molecule has 7 nitrogen and oxygen atoms in total. The number of urea groups is 1. The third-order valence-electron chi connectivity index (χ3n) is 6.52. The molecule has 4 rings (SSSR count). The van der Waals surface area contributed by atoms with E-state index in [0.29, 0.717) is 31.5 Å². The van der Waals surface area contributed by atoms with E-state index in [1.165, 1.54) is 17.0 Å². The largest absolute Gasteiger partial charge is 0.388 e. The molecule has 0 aliphatic carbocycles. The second-order valence-corrected chi connectivity index (χ2v) is 8.44. The van der Waals surface area contributed by atoms with Crippen LogP contribution in [0.3, 0.4) is 0 Å². The summed E-state index contributed by atoms with van der Waals surface area (Å²) in [5.41, 5.74) is 0.671. The summed E-state index contributed by atoms with van der Waals surface area (Å²) in [6.45, 7) is 1.95. The number of carbonyl (C=O) groups is 2. The Hall–Kier alpha value is -2.03. The van der Waals surface area contributed by atoms with Crippen molar-refractivity contribution >= 4 is 11.9 Å². The van der Waals surface area contributed by atoms with E-state index in [1.807, 2.05) is 4.90 Å². The lowest BCUT2D eigenvalue weighted by Gasteiger charge is -2.46. The third kappa shape index (κ3) is 4.50. The van der Waals surface area contributed by atoms with Crippen LogP contribution >= 0.6 is 0 Å². The number of hydrogen-bond acceptors (Lipinski definition) is 5. The van der Waals surface area contributed by atoms with Crippen LogP contribution in [0, 0.1) is 5.82 Å². The number of amides is 3. The van der Waals surface area contributed by atoms with Gasteiger partial charge in [0, 0.05) is 19.1 Å². The first-order valence-electron chi connectivity index (χ1n) is 10.9. The highest BCUT2D eigenvalue weighted by Gasteiger charge is 2.44. The molecular weight excluding hydrogens is 389 g/mol. The van der Waals surface area contributed by atoms with Gasteiger partial charge in [0.25, 0.3) is 5.91 Å². The minimum atomic E-state index is -0.707. The zero-order valence-corrected chi connectivity index (χ0v) is 17.1. The molecule has 1 aromatic carbocycles. The standard InChI is InChI=1S/C22H30FN3O4/c23-16-6-4-15(5-7-16)19(27)9-8-17-3-1-2-12-25(17)22(29)26-18-13-24-11-10-20(18)30-14-21(26)28/h4-7,17-20,24,27H,1-3,8-14H2/t17-,18?,19?,20?/m1/s1. The van der Waals surface area contributed by atoms with Gasteiger partial charge in [-0.25, -0.2) is 9.18 Å². The molecule has 0 aromatic heterocycles. The Kier molecular flexibility index (Phi) is 6.65. The van der Waals surface area contributed by atoms with Crippen molar-refractivity contribution in [2.45, 2.75) is 62.8 Å². The fraction of sp³-hybridized carbons (Fsp3) is 0.636. The molecule has 4 atom stereocenters. The molecule has 164 valence electrons. The van der Waals surface area contributed by atoms with Gasteiger partial charge in [0.05, 0.1) is 18.2 Å². The topological polar surface area (TPSA) is 82.1 Å². The van der Waals surface area contributed by atoms with Crippen molar-refractivity contribution in [2.75, 3.05) is 26.2 Å². The SMILES string of the molecule is O=C1COC2CCNCC2N1C(=O)N1CCCC[C@@H]1CCC(O)c1ccc(F)cc1. The summed E-state index contributed by atoms with van der Waals surface area (Å²) in [7, 11) is 0. The van der Waals surface area contributed by atoms with Crippen LogP contribution in [-0.4, -0.2) is 71.3 Å². The van der Waals surface area contributed by atoms with E-state index in [0.717, 1.165) is 32.2 Å². The van der Waals surface area contributed by atoms with Crippen LogP contribution in [0.5, 0.6) is 0 Å². The quantitative estimate of drug-likeness (QED) is 0.782. The number of carbonyl (C=O) groups excluding carboxylic acids is 2. The summed E-state index contributed by atoms with van der Waals surface area (Å²) >= 11 is 0. The average Bonchev–Trinajstić information content (AvgIpc) is 2.77. The molecule has 2 N–H and O–H groups in total. The number of halogens is 1. The molecule has 0 bridgehead atoms. The van der Waals surface area contributed by atoms with Gasteiger partial charge in [-0.2, -0.15) is 0 Å². The van der Waals surface area contributed by atoms with E-state index in [-0.39, 0.29) is 42.6 Å². The molecular formula is C22H30FN3O4. The van der Waals surface area contributed by atoms with Crippen molar-refractivity contribution < 1.29 is 23.8 Å². The van der Waals surface area contributed by atoms with Gasteiger partial charge in [-0.05, 0) is 62.8 Å². The summed E-state index contributed by atoms with van der Waals surface area (Å²) in [5.74, 6) is -0.610. The summed E-state index contributed by atoms with van der Waals surface area (Å²) < 4.78 is 18.8. The molecule has 3 aliphatic rings. The molecule has 3 saturated heterocycles. The maximum absolute atomic E-state index is 13.4. The van der Waals surface area contributed by atoms with Crippen molar-refractivity contribution in [3.63, 3.8) is 0 Å². The second-order valence-electron chi connectivity index (χ2n) is 8.44. The molecule has 3 aliphatic heterocycles. The highest BCUT2D eigenvalue weighted by Crippen LogP contribution is 2.29. The van der Waals surface area contributed by atoms with Gasteiger partial charge in [0.2, 0.25) is 0 Å². The number of likely N-dealkylation sites (tertiary alicyclic amines) is 1. The molecule has 3 unspecified atom stereocenters. The van der Waals surface area contributed by atoms with Gasteiger partial charge in [-0.15, -0.1) is 0 Å². The van der Waals surface area contributed by atoms with Crippen LogP contribution in [0.15, 0.2) is 24.3 Å². The average molecular weight is 419 g/mol. The predicted molar refractivity (Wildman–Crippen MR) is 108 cm³/mol. The van der Waals surface area contributed by atoms with E-state index < -0.39 is 6.10 Å². The number of hydrogen-bond donors (Lipinski definition) is 2. The molecule has 30 heavy (non-hydrogen) atoms. The van der Waals surface area contributed by atoms with Crippen LogP contribution in [0.4, 0.5) is 9.18 Å². The summed E-state index contributed by atoms with van der Waals surface area (Å²) in [6.07, 6.45) is 3.87. The van der Waals surface area contributed by atoms with Gasteiger partial charge < -0.3 is 20.1 Å². The van der Waals surface area contributed by atoms with E-state index in [2.05, 4.69) is 5.32 Å². The number of piperidine rings is 2. The van der Waals surface area contributed by atoms with E-state index in [4.69, 9.17) is 4.74 Å². The Morgan fingerprint density at radius 3 is 2.87 bits per heavy atom. The normalized spacial score (nSPS) is 28.2. The molecule has 0 saturated carbocycles. The minimum Gasteiger partial charge on any atom is -0.388 e. The molecule has 3 heterocycles. The van der Waals surface area contributed by atoms with Crippen LogP contribution in [-0.2, 0) is 9.53 Å². The number of ether oxygens (including phenoxy) is 1. The van der Waals surface area contributed by atoms with Crippen LogP contribution in [0.2, 0.25) is 0 Å². The van der Waals surface area contributed by atoms with Crippen molar-refractivity contribution in [3.8, 4) is 0 Å². The number of rotatable bonds is 4. The van der Waals surface area contributed by atoms with Crippen molar-refractivity contribution in [3.05, 3.63) is 35.6 Å². The Morgan fingerprint density at radius 2 is 2.07 bits per heavy atom. The highest BCUT2D eigenvalue weighted by atomic mass is 19.1.